The van der Waals surface area contributed by atoms with Crippen molar-refractivity contribution in [1.82, 2.24) is 15.1 Å². The first-order chi connectivity index (χ1) is 8.70. The van der Waals surface area contributed by atoms with Crippen LogP contribution in [0.5, 0.6) is 0 Å². The topological polar surface area (TPSA) is 18.5 Å². The molecule has 0 aliphatic carbocycles. The van der Waals surface area contributed by atoms with E-state index in [1.807, 2.05) is 0 Å². The Morgan fingerprint density at radius 3 is 2.28 bits per heavy atom. The van der Waals surface area contributed by atoms with Crippen molar-refractivity contribution in [3.05, 3.63) is 0 Å². The van der Waals surface area contributed by atoms with Crippen LogP contribution in [0.3, 0.4) is 0 Å². The summed E-state index contributed by atoms with van der Waals surface area (Å²) in [5.74, 6) is 1.76. The Morgan fingerprint density at radius 2 is 1.72 bits per heavy atom. The molecular formula is C15H29N3. The molecular weight excluding hydrogens is 222 g/mol. The number of rotatable bonds is 2. The van der Waals surface area contributed by atoms with Gasteiger partial charge in [0.2, 0.25) is 0 Å². The van der Waals surface area contributed by atoms with Crippen molar-refractivity contribution in [2.75, 3.05) is 33.2 Å². The molecule has 0 aromatic rings. The van der Waals surface area contributed by atoms with Crippen LogP contribution >= 0.6 is 0 Å². The summed E-state index contributed by atoms with van der Waals surface area (Å²) in [6.45, 7) is 10.2. The molecule has 4 heterocycles. The summed E-state index contributed by atoms with van der Waals surface area (Å²) in [5, 5.41) is 3.50. The molecule has 1 N–H and O–H groups in total. The third-order valence-corrected chi connectivity index (χ3v) is 6.04. The normalized spacial score (nSPS) is 49.5. The van der Waals surface area contributed by atoms with Gasteiger partial charge < -0.3 is 10.2 Å². The van der Waals surface area contributed by atoms with Gasteiger partial charge >= 0.3 is 0 Å². The molecule has 0 saturated carbocycles. The van der Waals surface area contributed by atoms with E-state index < -0.39 is 0 Å². The first-order valence-corrected chi connectivity index (χ1v) is 7.86. The highest BCUT2D eigenvalue weighted by Gasteiger charge is 2.42. The van der Waals surface area contributed by atoms with Crippen LogP contribution in [-0.4, -0.2) is 61.2 Å². The van der Waals surface area contributed by atoms with E-state index in [0.717, 1.165) is 30.0 Å². The zero-order chi connectivity index (χ0) is 12.7. The van der Waals surface area contributed by atoms with Crippen LogP contribution in [0.25, 0.3) is 0 Å². The van der Waals surface area contributed by atoms with Crippen molar-refractivity contribution >= 4 is 0 Å². The van der Waals surface area contributed by atoms with Crippen LogP contribution in [0, 0.1) is 11.8 Å². The fraction of sp³-hybridized carbons (Fsp3) is 1.00. The minimum Gasteiger partial charge on any atom is -0.317 e. The van der Waals surface area contributed by atoms with E-state index in [1.54, 1.807) is 0 Å². The number of nitrogens with zero attached hydrogens (tertiary/aromatic N) is 2. The van der Waals surface area contributed by atoms with E-state index >= 15 is 0 Å². The van der Waals surface area contributed by atoms with E-state index in [2.05, 4.69) is 36.0 Å². The second-order valence-electron chi connectivity index (χ2n) is 6.73. The predicted molar refractivity (Wildman–Crippen MR) is 75.7 cm³/mol. The predicted octanol–water partition coefficient (Wildman–Crippen LogP) is 1.40. The van der Waals surface area contributed by atoms with Gasteiger partial charge in [0.15, 0.2) is 0 Å². The fourth-order valence-corrected chi connectivity index (χ4v) is 4.58. The number of likely N-dealkylation sites (tertiary alicyclic amines) is 1. The van der Waals surface area contributed by atoms with Gasteiger partial charge in [0.25, 0.3) is 0 Å². The van der Waals surface area contributed by atoms with Gasteiger partial charge in [-0.25, -0.2) is 0 Å². The minimum absolute atomic E-state index is 0.720. The van der Waals surface area contributed by atoms with E-state index in [-0.39, 0.29) is 0 Å². The van der Waals surface area contributed by atoms with Crippen LogP contribution in [0.15, 0.2) is 0 Å². The van der Waals surface area contributed by atoms with Crippen molar-refractivity contribution < 1.29 is 0 Å². The van der Waals surface area contributed by atoms with Crippen LogP contribution in [-0.2, 0) is 0 Å². The summed E-state index contributed by atoms with van der Waals surface area (Å²) in [4.78, 5) is 5.53. The maximum atomic E-state index is 3.50. The summed E-state index contributed by atoms with van der Waals surface area (Å²) >= 11 is 0. The number of hydrogen-bond acceptors (Lipinski definition) is 3. The van der Waals surface area contributed by atoms with Gasteiger partial charge in [0, 0.05) is 31.2 Å². The van der Waals surface area contributed by atoms with Crippen molar-refractivity contribution in [1.29, 1.82) is 0 Å². The average molecular weight is 251 g/mol. The Bertz CT molecular complexity index is 285. The Labute approximate surface area is 112 Å². The zero-order valence-corrected chi connectivity index (χ0v) is 12.2. The molecule has 3 heteroatoms. The Balaban J connectivity index is 1.69. The van der Waals surface area contributed by atoms with Crippen molar-refractivity contribution in [2.24, 2.45) is 11.8 Å². The number of piperidine rings is 4. The molecule has 4 aliphatic heterocycles. The third kappa shape index (κ3) is 2.10. The van der Waals surface area contributed by atoms with Gasteiger partial charge in [0.05, 0.1) is 0 Å². The highest BCUT2D eigenvalue weighted by Crippen LogP contribution is 2.35. The molecule has 3 nitrogen and oxygen atoms in total. The second-order valence-corrected chi connectivity index (χ2v) is 6.73. The molecule has 104 valence electrons. The third-order valence-electron chi connectivity index (χ3n) is 6.04. The summed E-state index contributed by atoms with van der Waals surface area (Å²) in [5.41, 5.74) is 0. The van der Waals surface area contributed by atoms with Crippen LogP contribution < -0.4 is 5.32 Å². The molecule has 4 unspecified atom stereocenters. The first-order valence-electron chi connectivity index (χ1n) is 7.86. The van der Waals surface area contributed by atoms with Gasteiger partial charge in [0.1, 0.15) is 0 Å². The van der Waals surface area contributed by atoms with Crippen molar-refractivity contribution in [3.8, 4) is 0 Å². The molecule has 4 saturated heterocycles. The van der Waals surface area contributed by atoms with Crippen molar-refractivity contribution in [3.63, 3.8) is 0 Å². The molecule has 0 aromatic heterocycles. The number of hydrogen-bond donors (Lipinski definition) is 1. The summed E-state index contributed by atoms with van der Waals surface area (Å²) < 4.78 is 0. The molecule has 4 atom stereocenters. The highest BCUT2D eigenvalue weighted by atomic mass is 15.3. The number of nitrogens with one attached hydrogen (secondary N) is 1. The quantitative estimate of drug-likeness (QED) is 0.800. The lowest BCUT2D eigenvalue weighted by molar-refractivity contribution is -0.0416. The zero-order valence-electron chi connectivity index (χ0n) is 12.2. The molecule has 4 aliphatic rings. The smallest absolute Gasteiger partial charge is 0.0255 e. The van der Waals surface area contributed by atoms with Crippen molar-refractivity contribution in [2.45, 2.75) is 51.2 Å². The lowest BCUT2D eigenvalue weighted by Crippen LogP contribution is -2.63. The van der Waals surface area contributed by atoms with Crippen LogP contribution in [0.2, 0.25) is 0 Å². The Morgan fingerprint density at radius 1 is 1.00 bits per heavy atom. The van der Waals surface area contributed by atoms with E-state index in [9.17, 15) is 0 Å². The average Bonchev–Trinajstić information content (AvgIpc) is 2.43. The maximum absolute atomic E-state index is 3.50. The van der Waals surface area contributed by atoms with Gasteiger partial charge in [-0.05, 0) is 58.2 Å². The molecule has 4 rings (SSSR count). The molecule has 2 bridgehead atoms. The summed E-state index contributed by atoms with van der Waals surface area (Å²) in [6, 6.07) is 2.31. The maximum Gasteiger partial charge on any atom is 0.0255 e. The molecule has 0 aromatic carbocycles. The Hall–Kier alpha value is -0.120. The highest BCUT2D eigenvalue weighted by molar-refractivity contribution is 4.98. The molecule has 4 fully saturated rings. The molecule has 18 heavy (non-hydrogen) atoms. The van der Waals surface area contributed by atoms with E-state index in [4.69, 9.17) is 0 Å². The summed E-state index contributed by atoms with van der Waals surface area (Å²) in [6.07, 6.45) is 4.21. The lowest BCUT2D eigenvalue weighted by atomic mass is 9.79. The monoisotopic (exact) mass is 251 g/mol. The minimum atomic E-state index is 0.720. The number of fused-ring (bicyclic) bond motifs is 3. The van der Waals surface area contributed by atoms with E-state index in [1.165, 1.54) is 45.4 Å². The fourth-order valence-electron chi connectivity index (χ4n) is 4.58. The van der Waals surface area contributed by atoms with Gasteiger partial charge in [-0.15, -0.1) is 0 Å². The van der Waals surface area contributed by atoms with E-state index in [0.29, 0.717) is 0 Å². The van der Waals surface area contributed by atoms with Gasteiger partial charge in [-0.1, -0.05) is 6.92 Å². The van der Waals surface area contributed by atoms with Gasteiger partial charge in [-0.2, -0.15) is 0 Å². The molecule has 0 amide bonds. The van der Waals surface area contributed by atoms with Crippen LogP contribution in [0.4, 0.5) is 0 Å². The van der Waals surface area contributed by atoms with Gasteiger partial charge in [-0.3, -0.25) is 4.90 Å². The lowest BCUT2D eigenvalue weighted by Gasteiger charge is -2.54. The first kappa shape index (κ1) is 12.9. The second kappa shape index (κ2) is 5.10. The SMILES string of the molecule is CNC1CCN(C2CN3CCC2CC3)C(C)C1C. The molecule has 0 spiro atoms. The molecule has 0 radical (unpaired) electrons. The van der Waals surface area contributed by atoms with Crippen LogP contribution in [0.1, 0.15) is 33.1 Å². The summed E-state index contributed by atoms with van der Waals surface area (Å²) in [7, 11) is 2.12. The standard InChI is InChI=1S/C15H29N3/c1-11-12(2)18(9-6-14(11)16-3)15-10-17-7-4-13(15)5-8-17/h11-16H,4-10H2,1-3H3. The largest absolute Gasteiger partial charge is 0.317 e. The Kier molecular flexibility index (Phi) is 3.65.